The predicted octanol–water partition coefficient (Wildman–Crippen LogP) is 3.30. The van der Waals surface area contributed by atoms with Crippen molar-refractivity contribution in [3.63, 3.8) is 0 Å². The Kier molecular flexibility index (Phi) is 7.10. The van der Waals surface area contributed by atoms with E-state index >= 15 is 0 Å². The molecule has 0 radical (unpaired) electrons. The molecule has 27 heavy (non-hydrogen) atoms. The summed E-state index contributed by atoms with van der Waals surface area (Å²) in [7, 11) is 3.85. The lowest BCUT2D eigenvalue weighted by Gasteiger charge is -2.22. The van der Waals surface area contributed by atoms with Crippen molar-refractivity contribution in [3.8, 4) is 0 Å². The van der Waals surface area contributed by atoms with Gasteiger partial charge in [0.05, 0.1) is 0 Å². The van der Waals surface area contributed by atoms with Gasteiger partial charge in [-0.3, -0.25) is 4.99 Å². The first-order valence-electron chi connectivity index (χ1n) is 9.74. The number of fused-ring (bicyclic) bond motifs is 1. The molecule has 0 saturated carbocycles. The maximum Gasteiger partial charge on any atom is 0.193 e. The van der Waals surface area contributed by atoms with E-state index in [-0.39, 0.29) is 0 Å². The van der Waals surface area contributed by atoms with Crippen LogP contribution in [0.2, 0.25) is 5.02 Å². The Morgan fingerprint density at radius 1 is 1.30 bits per heavy atom. The predicted molar refractivity (Wildman–Crippen MR) is 110 cm³/mol. The fourth-order valence-electron chi connectivity index (χ4n) is 3.55. The number of aryl methyl sites for hydroxylation is 2. The van der Waals surface area contributed by atoms with Crippen LogP contribution < -0.4 is 5.32 Å². The van der Waals surface area contributed by atoms with E-state index in [9.17, 15) is 0 Å². The summed E-state index contributed by atoms with van der Waals surface area (Å²) in [6, 6.07) is 7.93. The average Bonchev–Trinajstić information content (AvgIpc) is 2.88. The first-order valence-corrected chi connectivity index (χ1v) is 10.1. The Morgan fingerprint density at radius 2 is 2.19 bits per heavy atom. The molecule has 0 unspecified atom stereocenters. The van der Waals surface area contributed by atoms with Crippen molar-refractivity contribution in [3.05, 3.63) is 46.5 Å². The van der Waals surface area contributed by atoms with Crippen molar-refractivity contribution < 1.29 is 0 Å². The van der Waals surface area contributed by atoms with Crippen molar-refractivity contribution >= 4 is 17.6 Å². The van der Waals surface area contributed by atoms with Crippen LogP contribution in [0.1, 0.15) is 42.9 Å². The summed E-state index contributed by atoms with van der Waals surface area (Å²) in [5.74, 6) is 3.17. The van der Waals surface area contributed by atoms with E-state index in [1.165, 1.54) is 24.8 Å². The minimum Gasteiger partial charge on any atom is -0.356 e. The van der Waals surface area contributed by atoms with Gasteiger partial charge in [0, 0.05) is 51.6 Å². The van der Waals surface area contributed by atoms with Gasteiger partial charge in [0.25, 0.3) is 0 Å². The standard InChI is InChI=1S/C20H29ClN6/c1-22-20(26(2)15-16-8-6-9-17(21)14-16)23-12-7-11-19-25-24-18-10-4-3-5-13-27(18)19/h6,8-9,14H,3-5,7,10-13,15H2,1-2H3,(H,22,23). The summed E-state index contributed by atoms with van der Waals surface area (Å²) in [4.78, 5) is 6.49. The Hall–Kier alpha value is -2.08. The third kappa shape index (κ3) is 5.45. The van der Waals surface area contributed by atoms with Gasteiger partial charge < -0.3 is 14.8 Å². The van der Waals surface area contributed by atoms with Crippen molar-refractivity contribution in [1.82, 2.24) is 25.0 Å². The highest BCUT2D eigenvalue weighted by Crippen LogP contribution is 2.15. The minimum absolute atomic E-state index is 0.760. The van der Waals surface area contributed by atoms with Crippen molar-refractivity contribution in [2.45, 2.75) is 51.6 Å². The van der Waals surface area contributed by atoms with Gasteiger partial charge in [-0.15, -0.1) is 10.2 Å². The molecule has 1 N–H and O–H groups in total. The first-order chi connectivity index (χ1) is 13.2. The average molecular weight is 389 g/mol. The highest BCUT2D eigenvalue weighted by atomic mass is 35.5. The molecule has 0 fully saturated rings. The zero-order valence-electron chi connectivity index (χ0n) is 16.3. The van der Waals surface area contributed by atoms with Gasteiger partial charge in [0.1, 0.15) is 11.6 Å². The lowest BCUT2D eigenvalue weighted by atomic mass is 10.2. The Bertz CT molecular complexity index is 770. The molecule has 1 aromatic heterocycles. The van der Waals surface area contributed by atoms with Crippen LogP contribution in [0.5, 0.6) is 0 Å². The van der Waals surface area contributed by atoms with Gasteiger partial charge >= 0.3 is 0 Å². The van der Waals surface area contributed by atoms with Crippen LogP contribution in [0.3, 0.4) is 0 Å². The number of nitrogens with one attached hydrogen (secondary N) is 1. The monoisotopic (exact) mass is 388 g/mol. The normalized spacial score (nSPS) is 14.6. The second-order valence-electron chi connectivity index (χ2n) is 7.06. The summed E-state index contributed by atoms with van der Waals surface area (Å²) in [6.07, 6.45) is 6.76. The molecule has 0 bridgehead atoms. The molecule has 0 aliphatic carbocycles. The summed E-state index contributed by atoms with van der Waals surface area (Å²) in [5, 5.41) is 13.0. The number of aromatic nitrogens is 3. The van der Waals surface area contributed by atoms with Gasteiger partial charge in [-0.05, 0) is 37.0 Å². The number of hydrogen-bond acceptors (Lipinski definition) is 3. The largest absolute Gasteiger partial charge is 0.356 e. The molecule has 6 nitrogen and oxygen atoms in total. The molecular formula is C20H29ClN6. The minimum atomic E-state index is 0.760. The highest BCUT2D eigenvalue weighted by molar-refractivity contribution is 6.30. The van der Waals surface area contributed by atoms with E-state index in [0.29, 0.717) is 0 Å². The van der Waals surface area contributed by atoms with Crippen molar-refractivity contribution in [2.75, 3.05) is 20.6 Å². The number of guanidine groups is 1. The third-order valence-electron chi connectivity index (χ3n) is 4.93. The van der Waals surface area contributed by atoms with E-state index in [4.69, 9.17) is 11.6 Å². The van der Waals surface area contributed by atoms with E-state index in [0.717, 1.165) is 61.5 Å². The second kappa shape index (κ2) is 9.74. The SMILES string of the molecule is CN=C(NCCCc1nnc2n1CCCCC2)N(C)Cc1cccc(Cl)c1. The summed E-state index contributed by atoms with van der Waals surface area (Å²) in [5.41, 5.74) is 1.17. The number of hydrogen-bond donors (Lipinski definition) is 1. The molecule has 1 aliphatic heterocycles. The van der Waals surface area contributed by atoms with Crippen LogP contribution in [0.4, 0.5) is 0 Å². The van der Waals surface area contributed by atoms with Crippen LogP contribution >= 0.6 is 11.6 Å². The molecular weight excluding hydrogens is 360 g/mol. The van der Waals surface area contributed by atoms with Gasteiger partial charge in [0.15, 0.2) is 5.96 Å². The molecule has 7 heteroatoms. The Labute approximate surface area is 166 Å². The molecule has 146 valence electrons. The molecule has 2 aromatic rings. The smallest absolute Gasteiger partial charge is 0.193 e. The molecule has 0 saturated heterocycles. The zero-order chi connectivity index (χ0) is 19.1. The molecule has 2 heterocycles. The number of nitrogens with zero attached hydrogens (tertiary/aromatic N) is 5. The second-order valence-corrected chi connectivity index (χ2v) is 7.49. The first kappa shape index (κ1) is 19.7. The van der Waals surface area contributed by atoms with Crippen LogP contribution in [-0.4, -0.2) is 46.3 Å². The van der Waals surface area contributed by atoms with E-state index in [1.807, 2.05) is 32.3 Å². The number of halogens is 1. The van der Waals surface area contributed by atoms with Gasteiger partial charge in [-0.1, -0.05) is 30.2 Å². The number of rotatable bonds is 6. The summed E-state index contributed by atoms with van der Waals surface area (Å²) in [6.45, 7) is 2.68. The highest BCUT2D eigenvalue weighted by Gasteiger charge is 2.14. The molecule has 1 aliphatic rings. The van der Waals surface area contributed by atoms with E-state index < -0.39 is 0 Å². The molecule has 0 atom stereocenters. The van der Waals surface area contributed by atoms with Gasteiger partial charge in [0.2, 0.25) is 0 Å². The number of aliphatic imine (C=N–C) groups is 1. The summed E-state index contributed by atoms with van der Waals surface area (Å²) >= 11 is 6.08. The fraction of sp³-hybridized carbons (Fsp3) is 0.550. The Balaban J connectivity index is 1.47. The quantitative estimate of drug-likeness (QED) is 0.468. The maximum absolute atomic E-state index is 6.08. The molecule has 0 spiro atoms. The lowest BCUT2D eigenvalue weighted by Crippen LogP contribution is -2.39. The van der Waals surface area contributed by atoms with Gasteiger partial charge in [-0.2, -0.15) is 0 Å². The zero-order valence-corrected chi connectivity index (χ0v) is 17.0. The van der Waals surface area contributed by atoms with Gasteiger partial charge in [-0.25, -0.2) is 0 Å². The lowest BCUT2D eigenvalue weighted by molar-refractivity contribution is 0.475. The third-order valence-corrected chi connectivity index (χ3v) is 5.16. The van der Waals surface area contributed by atoms with Crippen LogP contribution in [0.15, 0.2) is 29.3 Å². The van der Waals surface area contributed by atoms with E-state index in [1.54, 1.807) is 0 Å². The summed E-state index contributed by atoms with van der Waals surface area (Å²) < 4.78 is 2.33. The van der Waals surface area contributed by atoms with E-state index in [2.05, 4.69) is 36.0 Å². The fourth-order valence-corrected chi connectivity index (χ4v) is 3.76. The topological polar surface area (TPSA) is 58.3 Å². The van der Waals surface area contributed by atoms with Crippen LogP contribution in [0.25, 0.3) is 0 Å². The van der Waals surface area contributed by atoms with Crippen LogP contribution in [-0.2, 0) is 25.9 Å². The molecule has 3 rings (SSSR count). The molecule has 0 amide bonds. The molecule has 1 aromatic carbocycles. The van der Waals surface area contributed by atoms with Crippen molar-refractivity contribution in [2.24, 2.45) is 4.99 Å². The van der Waals surface area contributed by atoms with Crippen LogP contribution in [0, 0.1) is 0 Å². The van der Waals surface area contributed by atoms with Crippen molar-refractivity contribution in [1.29, 1.82) is 0 Å². The number of benzene rings is 1. The maximum atomic E-state index is 6.08. The Morgan fingerprint density at radius 3 is 3.00 bits per heavy atom.